The van der Waals surface area contributed by atoms with Crippen LogP contribution in [0.1, 0.15) is 13.8 Å². The minimum absolute atomic E-state index is 0.282. The van der Waals surface area contributed by atoms with E-state index in [1.54, 1.807) is 0 Å². The van der Waals surface area contributed by atoms with Crippen LogP contribution < -0.4 is 5.32 Å². The molecule has 0 aromatic heterocycles. The summed E-state index contributed by atoms with van der Waals surface area (Å²) in [7, 11) is 0. The first-order chi connectivity index (χ1) is 5.49. The van der Waals surface area contributed by atoms with Crippen LogP contribution in [0.5, 0.6) is 0 Å². The summed E-state index contributed by atoms with van der Waals surface area (Å²) >= 11 is 0. The van der Waals surface area contributed by atoms with Crippen molar-refractivity contribution in [1.82, 2.24) is 5.32 Å². The molecule has 1 N–H and O–H groups in total. The Morgan fingerprint density at radius 2 is 1.75 bits per heavy atom. The molecule has 0 bridgehead atoms. The van der Waals surface area contributed by atoms with Crippen molar-refractivity contribution in [2.24, 2.45) is 0 Å². The van der Waals surface area contributed by atoms with E-state index >= 15 is 0 Å². The maximum Gasteiger partial charge on any atom is 0.261 e. The number of hydrogen-bond donors (Lipinski definition) is 1. The van der Waals surface area contributed by atoms with Crippen LogP contribution in [0.3, 0.4) is 0 Å². The number of hydrogen-bond acceptors (Lipinski definition) is 2. The summed E-state index contributed by atoms with van der Waals surface area (Å²) in [5.74, 6) is -0.965. The molecule has 0 aliphatic rings. The van der Waals surface area contributed by atoms with Crippen molar-refractivity contribution in [1.29, 1.82) is 0 Å². The fourth-order valence-corrected chi connectivity index (χ4v) is 0.384. The Morgan fingerprint density at radius 3 is 2.08 bits per heavy atom. The van der Waals surface area contributed by atoms with Gasteiger partial charge in [0, 0.05) is 5.57 Å². The zero-order valence-electron chi connectivity index (χ0n) is 7.23. The summed E-state index contributed by atoms with van der Waals surface area (Å²) in [6, 6.07) is 0. The molecule has 0 spiro atoms. The van der Waals surface area contributed by atoms with Crippen LogP contribution in [0.15, 0.2) is 30.0 Å². The van der Waals surface area contributed by atoms with E-state index in [0.29, 0.717) is 5.57 Å². The quantitative estimate of drug-likeness (QED) is 0.489. The molecule has 12 heavy (non-hydrogen) atoms. The standard InChI is InChI=1S/C9H11NO2/c1-5-7(4)9(12)10-8(11)6(2)3/h1-2H2,3-4H3,(H,10,11,12). The summed E-state index contributed by atoms with van der Waals surface area (Å²) in [4.78, 5) is 21.9. The van der Waals surface area contributed by atoms with Gasteiger partial charge < -0.3 is 0 Å². The Kier molecular flexibility index (Phi) is 3.74. The van der Waals surface area contributed by atoms with Gasteiger partial charge in [-0.25, -0.2) is 0 Å². The normalized spacial score (nSPS) is 8.17. The van der Waals surface area contributed by atoms with Crippen molar-refractivity contribution in [2.75, 3.05) is 0 Å². The highest BCUT2D eigenvalue weighted by molar-refractivity contribution is 6.08. The van der Waals surface area contributed by atoms with Crippen LogP contribution >= 0.6 is 0 Å². The van der Waals surface area contributed by atoms with E-state index in [1.807, 2.05) is 0 Å². The lowest BCUT2D eigenvalue weighted by Gasteiger charge is -2.00. The van der Waals surface area contributed by atoms with Gasteiger partial charge in [0.05, 0.1) is 5.57 Å². The van der Waals surface area contributed by atoms with Gasteiger partial charge in [0.2, 0.25) is 0 Å². The largest absolute Gasteiger partial charge is 0.288 e. The van der Waals surface area contributed by atoms with Gasteiger partial charge in [-0.2, -0.15) is 0 Å². The average molecular weight is 165 g/mol. The summed E-state index contributed by atoms with van der Waals surface area (Å²) in [6.45, 7) is 9.71. The molecule has 0 aliphatic carbocycles. The highest BCUT2D eigenvalue weighted by Crippen LogP contribution is 1.91. The third-order valence-electron chi connectivity index (χ3n) is 1.22. The maximum atomic E-state index is 11.0. The molecule has 3 heteroatoms. The van der Waals surface area contributed by atoms with Crippen LogP contribution in [-0.4, -0.2) is 11.8 Å². The Labute approximate surface area is 71.5 Å². The number of nitrogens with one attached hydrogen (secondary N) is 1. The first-order valence-electron chi connectivity index (χ1n) is 3.37. The van der Waals surface area contributed by atoms with Crippen LogP contribution in [0, 0.1) is 0 Å². The number of amides is 2. The zero-order chi connectivity index (χ0) is 9.72. The Bertz CT molecular complexity index is 283. The Balaban J connectivity index is 4.30. The molecule has 3 nitrogen and oxygen atoms in total. The van der Waals surface area contributed by atoms with Crippen molar-refractivity contribution < 1.29 is 9.59 Å². The predicted octanol–water partition coefficient (Wildman–Crippen LogP) is 0.936. The Hall–Kier alpha value is -1.60. The van der Waals surface area contributed by atoms with Crippen molar-refractivity contribution in [3.63, 3.8) is 0 Å². The molecule has 0 aromatic rings. The van der Waals surface area contributed by atoms with E-state index in [4.69, 9.17) is 0 Å². The van der Waals surface area contributed by atoms with Crippen LogP contribution in [0.4, 0.5) is 0 Å². The highest BCUT2D eigenvalue weighted by atomic mass is 16.2. The topological polar surface area (TPSA) is 46.2 Å². The van der Waals surface area contributed by atoms with Crippen molar-refractivity contribution >= 4 is 11.8 Å². The lowest BCUT2D eigenvalue weighted by atomic mass is 10.3. The van der Waals surface area contributed by atoms with Gasteiger partial charge in [0.1, 0.15) is 0 Å². The summed E-state index contributed by atoms with van der Waals surface area (Å²) in [5.41, 5.74) is 2.96. The molecule has 0 aromatic carbocycles. The molecule has 0 saturated heterocycles. The van der Waals surface area contributed by atoms with Crippen LogP contribution in [-0.2, 0) is 9.59 Å². The number of carbonyl (C=O) groups excluding carboxylic acids is 2. The molecule has 0 atom stereocenters. The van der Waals surface area contributed by atoms with Crippen molar-refractivity contribution in [2.45, 2.75) is 13.8 Å². The molecule has 64 valence electrons. The maximum absolute atomic E-state index is 11.0. The second-order valence-electron chi connectivity index (χ2n) is 2.37. The molecule has 0 saturated carbocycles. The van der Waals surface area contributed by atoms with E-state index < -0.39 is 11.8 Å². The van der Waals surface area contributed by atoms with Crippen molar-refractivity contribution in [3.05, 3.63) is 30.0 Å². The zero-order valence-corrected chi connectivity index (χ0v) is 7.23. The van der Waals surface area contributed by atoms with Gasteiger partial charge in [-0.3, -0.25) is 14.9 Å². The van der Waals surface area contributed by atoms with E-state index in [1.165, 1.54) is 13.8 Å². The molecule has 0 fully saturated rings. The van der Waals surface area contributed by atoms with Crippen molar-refractivity contribution in [3.8, 4) is 0 Å². The minimum Gasteiger partial charge on any atom is -0.288 e. The monoisotopic (exact) mass is 165 g/mol. The first-order valence-corrected chi connectivity index (χ1v) is 3.37. The summed E-state index contributed by atoms with van der Waals surface area (Å²) < 4.78 is 0. The van der Waals surface area contributed by atoms with Gasteiger partial charge in [0.25, 0.3) is 11.8 Å². The second kappa shape index (κ2) is 4.31. The second-order valence-corrected chi connectivity index (χ2v) is 2.37. The average Bonchev–Trinajstić information content (AvgIpc) is 2.02. The molecule has 0 unspecified atom stereocenters. The summed E-state index contributed by atoms with van der Waals surface area (Å²) in [6.07, 6.45) is 0. The number of carbonyl (C=O) groups is 2. The van der Waals surface area contributed by atoms with Gasteiger partial charge in [-0.15, -0.1) is 5.73 Å². The molecular formula is C9H11NO2. The fourth-order valence-electron chi connectivity index (χ4n) is 0.384. The number of imide groups is 1. The van der Waals surface area contributed by atoms with Crippen LogP contribution in [0.25, 0.3) is 0 Å². The molecule has 0 radical (unpaired) electrons. The highest BCUT2D eigenvalue weighted by Gasteiger charge is 2.08. The SMILES string of the molecule is C=C=C(C)C(=O)NC(=O)C(=C)C. The van der Waals surface area contributed by atoms with Gasteiger partial charge >= 0.3 is 0 Å². The van der Waals surface area contributed by atoms with Gasteiger partial charge in [0.15, 0.2) is 0 Å². The van der Waals surface area contributed by atoms with E-state index in [-0.39, 0.29) is 5.57 Å². The van der Waals surface area contributed by atoms with Gasteiger partial charge in [-0.1, -0.05) is 13.2 Å². The number of rotatable bonds is 2. The van der Waals surface area contributed by atoms with E-state index in [2.05, 4.69) is 24.2 Å². The third kappa shape index (κ3) is 2.99. The lowest BCUT2D eigenvalue weighted by molar-refractivity contribution is -0.126. The molecule has 2 amide bonds. The third-order valence-corrected chi connectivity index (χ3v) is 1.22. The van der Waals surface area contributed by atoms with E-state index in [9.17, 15) is 9.59 Å². The molecular weight excluding hydrogens is 154 g/mol. The fraction of sp³-hybridized carbons (Fsp3) is 0.222. The lowest BCUT2D eigenvalue weighted by Crippen LogP contribution is -2.31. The smallest absolute Gasteiger partial charge is 0.261 e. The summed E-state index contributed by atoms with van der Waals surface area (Å²) in [5, 5.41) is 2.11. The van der Waals surface area contributed by atoms with E-state index in [0.717, 1.165) is 0 Å². The predicted molar refractivity (Wildman–Crippen MR) is 46.3 cm³/mol. The minimum atomic E-state index is -0.488. The molecule has 0 heterocycles. The molecule has 0 rings (SSSR count). The Morgan fingerprint density at radius 1 is 1.25 bits per heavy atom. The first kappa shape index (κ1) is 10.4. The molecule has 0 aliphatic heterocycles. The van der Waals surface area contributed by atoms with Gasteiger partial charge in [-0.05, 0) is 13.8 Å². The van der Waals surface area contributed by atoms with Crippen LogP contribution in [0.2, 0.25) is 0 Å².